The summed E-state index contributed by atoms with van der Waals surface area (Å²) in [6, 6.07) is 9.44. The average molecular weight is 331 g/mol. The lowest BCUT2D eigenvalue weighted by molar-refractivity contribution is -0.384. The van der Waals surface area contributed by atoms with E-state index in [1.165, 1.54) is 12.3 Å². The predicted octanol–water partition coefficient (Wildman–Crippen LogP) is 3.71. The van der Waals surface area contributed by atoms with Gasteiger partial charge in [0.15, 0.2) is 0 Å². The smallest absolute Gasteiger partial charge is 0.428 e. The first kappa shape index (κ1) is 17.2. The number of furan rings is 1. The normalized spacial score (nSPS) is 11.5. The SMILES string of the molecule is CC(C)(C)OC(=O)N/N=C\c1ccc(-c2ccccc2[N+](=O)[O-])o1. The minimum absolute atomic E-state index is 0.0535. The van der Waals surface area contributed by atoms with E-state index in [0.717, 1.165) is 0 Å². The van der Waals surface area contributed by atoms with E-state index >= 15 is 0 Å². The Morgan fingerprint density at radius 1 is 1.29 bits per heavy atom. The molecule has 0 aliphatic heterocycles. The number of nitrogens with one attached hydrogen (secondary N) is 1. The molecule has 2 rings (SSSR count). The average Bonchev–Trinajstić information content (AvgIpc) is 2.94. The van der Waals surface area contributed by atoms with E-state index in [1.807, 2.05) is 0 Å². The van der Waals surface area contributed by atoms with Crippen molar-refractivity contribution in [2.45, 2.75) is 26.4 Å². The van der Waals surface area contributed by atoms with Crippen molar-refractivity contribution in [1.82, 2.24) is 5.43 Å². The number of carbonyl (C=O) groups is 1. The molecule has 1 aromatic heterocycles. The molecule has 0 atom stereocenters. The van der Waals surface area contributed by atoms with Crippen LogP contribution in [-0.2, 0) is 4.74 Å². The molecule has 0 saturated carbocycles. The highest BCUT2D eigenvalue weighted by Gasteiger charge is 2.17. The van der Waals surface area contributed by atoms with Crippen molar-refractivity contribution in [3.05, 3.63) is 52.3 Å². The molecule has 0 radical (unpaired) electrons. The number of nitrogens with zero attached hydrogens (tertiary/aromatic N) is 2. The molecule has 24 heavy (non-hydrogen) atoms. The number of amides is 1. The number of carbonyl (C=O) groups excluding carboxylic acids is 1. The molecular weight excluding hydrogens is 314 g/mol. The molecule has 8 heteroatoms. The van der Waals surface area contributed by atoms with Crippen LogP contribution in [0.15, 0.2) is 45.9 Å². The Hall–Kier alpha value is -3.16. The maximum atomic E-state index is 11.4. The third-order valence-corrected chi connectivity index (χ3v) is 2.74. The van der Waals surface area contributed by atoms with Crippen LogP contribution >= 0.6 is 0 Å². The Morgan fingerprint density at radius 3 is 2.67 bits per heavy atom. The van der Waals surface area contributed by atoms with Gasteiger partial charge in [0.2, 0.25) is 0 Å². The third kappa shape index (κ3) is 4.67. The van der Waals surface area contributed by atoms with Crippen LogP contribution in [0.1, 0.15) is 26.5 Å². The first-order valence-electron chi connectivity index (χ1n) is 7.12. The van der Waals surface area contributed by atoms with Crippen LogP contribution in [0.25, 0.3) is 11.3 Å². The van der Waals surface area contributed by atoms with Crippen LogP contribution < -0.4 is 5.43 Å². The number of ether oxygens (including phenoxy) is 1. The highest BCUT2D eigenvalue weighted by atomic mass is 16.6. The molecule has 126 valence electrons. The van der Waals surface area contributed by atoms with Crippen molar-refractivity contribution in [2.24, 2.45) is 5.10 Å². The second kappa shape index (κ2) is 6.95. The first-order valence-corrected chi connectivity index (χ1v) is 7.12. The van der Waals surface area contributed by atoms with Gasteiger partial charge in [0, 0.05) is 6.07 Å². The summed E-state index contributed by atoms with van der Waals surface area (Å²) in [5.41, 5.74) is 1.89. The van der Waals surface area contributed by atoms with E-state index in [-0.39, 0.29) is 5.69 Å². The molecule has 2 aromatic rings. The van der Waals surface area contributed by atoms with E-state index in [1.54, 1.807) is 51.1 Å². The van der Waals surface area contributed by atoms with Gasteiger partial charge in [-0.1, -0.05) is 12.1 Å². The van der Waals surface area contributed by atoms with Gasteiger partial charge in [-0.25, -0.2) is 10.2 Å². The van der Waals surface area contributed by atoms with Gasteiger partial charge in [0.1, 0.15) is 17.1 Å². The van der Waals surface area contributed by atoms with E-state index in [0.29, 0.717) is 17.1 Å². The number of hydrazone groups is 1. The van der Waals surface area contributed by atoms with Crippen molar-refractivity contribution in [1.29, 1.82) is 0 Å². The van der Waals surface area contributed by atoms with Crippen molar-refractivity contribution in [2.75, 3.05) is 0 Å². The molecule has 0 unspecified atom stereocenters. The lowest BCUT2D eigenvalue weighted by Gasteiger charge is -2.18. The maximum absolute atomic E-state index is 11.4. The monoisotopic (exact) mass is 331 g/mol. The highest BCUT2D eigenvalue weighted by Crippen LogP contribution is 2.30. The van der Waals surface area contributed by atoms with Gasteiger partial charge >= 0.3 is 6.09 Å². The van der Waals surface area contributed by atoms with Crippen molar-refractivity contribution < 1.29 is 18.9 Å². The summed E-state index contributed by atoms with van der Waals surface area (Å²) in [5.74, 6) is 0.667. The fraction of sp³-hybridized carbons (Fsp3) is 0.250. The maximum Gasteiger partial charge on any atom is 0.428 e. The molecule has 8 nitrogen and oxygen atoms in total. The fourth-order valence-electron chi connectivity index (χ4n) is 1.86. The van der Waals surface area contributed by atoms with Gasteiger partial charge in [-0.2, -0.15) is 5.10 Å². The number of hydrogen-bond acceptors (Lipinski definition) is 6. The standard InChI is InChI=1S/C16H17N3O5/c1-16(2,3)24-15(20)18-17-10-11-8-9-14(23-11)12-6-4-5-7-13(12)19(21)22/h4-10H,1-3H3,(H,18,20)/b17-10-. The number of rotatable bonds is 4. The van der Waals surface area contributed by atoms with Crippen LogP contribution in [0.2, 0.25) is 0 Å². The van der Waals surface area contributed by atoms with E-state index in [2.05, 4.69) is 10.5 Å². The summed E-state index contributed by atoms with van der Waals surface area (Å²) in [4.78, 5) is 22.0. The largest absolute Gasteiger partial charge is 0.455 e. The zero-order valence-electron chi connectivity index (χ0n) is 13.5. The minimum atomic E-state index is -0.691. The Morgan fingerprint density at radius 2 is 2.00 bits per heavy atom. The van der Waals surface area contributed by atoms with Gasteiger partial charge in [-0.3, -0.25) is 10.1 Å². The molecule has 0 fully saturated rings. The summed E-state index contributed by atoms with van der Waals surface area (Å²) in [6.07, 6.45) is 0.589. The molecule has 0 bridgehead atoms. The van der Waals surface area contributed by atoms with Crippen LogP contribution in [0, 0.1) is 10.1 Å². The summed E-state index contributed by atoms with van der Waals surface area (Å²) in [7, 11) is 0. The number of nitro groups is 1. The van der Waals surface area contributed by atoms with Crippen molar-refractivity contribution in [3.8, 4) is 11.3 Å². The van der Waals surface area contributed by atoms with Gasteiger partial charge in [0.05, 0.1) is 16.7 Å². The van der Waals surface area contributed by atoms with Gasteiger partial charge in [-0.05, 0) is 39.0 Å². The van der Waals surface area contributed by atoms with Crippen LogP contribution in [0.3, 0.4) is 0 Å². The molecule has 1 N–H and O–H groups in total. The Balaban J connectivity index is 2.08. The second-order valence-electron chi connectivity index (χ2n) is 5.85. The predicted molar refractivity (Wildman–Crippen MR) is 87.8 cm³/mol. The topological polar surface area (TPSA) is 107 Å². The summed E-state index contributed by atoms with van der Waals surface area (Å²) < 4.78 is 10.5. The summed E-state index contributed by atoms with van der Waals surface area (Å²) in [6.45, 7) is 5.21. The Kier molecular flexibility index (Phi) is 4.98. The van der Waals surface area contributed by atoms with Crippen LogP contribution in [0.4, 0.5) is 10.5 Å². The second-order valence-corrected chi connectivity index (χ2v) is 5.85. The quantitative estimate of drug-likeness (QED) is 0.522. The molecule has 1 heterocycles. The van der Waals surface area contributed by atoms with Gasteiger partial charge < -0.3 is 9.15 Å². The molecular formula is C16H17N3O5. The lowest BCUT2D eigenvalue weighted by atomic mass is 10.1. The Bertz CT molecular complexity index is 774. The molecule has 1 aromatic carbocycles. The fourth-order valence-corrected chi connectivity index (χ4v) is 1.86. The number of hydrogen-bond donors (Lipinski definition) is 1. The molecule has 0 saturated heterocycles. The van der Waals surface area contributed by atoms with Crippen LogP contribution in [0.5, 0.6) is 0 Å². The first-order chi connectivity index (χ1) is 11.3. The number of para-hydroxylation sites is 1. The van der Waals surface area contributed by atoms with Crippen LogP contribution in [-0.4, -0.2) is 22.8 Å². The van der Waals surface area contributed by atoms with Crippen molar-refractivity contribution >= 4 is 18.0 Å². The van der Waals surface area contributed by atoms with E-state index < -0.39 is 16.6 Å². The summed E-state index contributed by atoms with van der Waals surface area (Å²) >= 11 is 0. The zero-order chi connectivity index (χ0) is 17.7. The zero-order valence-corrected chi connectivity index (χ0v) is 13.5. The highest BCUT2D eigenvalue weighted by molar-refractivity contribution is 5.80. The van der Waals surface area contributed by atoms with Gasteiger partial charge in [0.25, 0.3) is 5.69 Å². The van der Waals surface area contributed by atoms with E-state index in [9.17, 15) is 14.9 Å². The van der Waals surface area contributed by atoms with Gasteiger partial charge in [-0.15, -0.1) is 0 Å². The van der Waals surface area contributed by atoms with Crippen molar-refractivity contribution in [3.63, 3.8) is 0 Å². The Labute approximate surface area is 138 Å². The molecule has 0 aliphatic rings. The summed E-state index contributed by atoms with van der Waals surface area (Å²) in [5, 5.41) is 14.8. The minimum Gasteiger partial charge on any atom is -0.455 e. The molecule has 1 amide bonds. The van der Waals surface area contributed by atoms with E-state index in [4.69, 9.17) is 9.15 Å². The lowest BCUT2D eigenvalue weighted by Crippen LogP contribution is -2.29. The number of benzene rings is 1. The molecule has 0 spiro atoms. The third-order valence-electron chi connectivity index (χ3n) is 2.74. The molecule has 0 aliphatic carbocycles. The number of nitro benzene ring substituents is 1.